The molecule has 11 rings (SSSR count). The van der Waals surface area contributed by atoms with Gasteiger partial charge in [0.05, 0.1) is 0 Å². The minimum atomic E-state index is 1.09. The van der Waals surface area contributed by atoms with Crippen LogP contribution in [0.25, 0.3) is 66.8 Å². The third kappa shape index (κ3) is 8.75. The van der Waals surface area contributed by atoms with E-state index in [1.54, 1.807) is 0 Å². The van der Waals surface area contributed by atoms with E-state index in [9.17, 15) is 0 Å². The van der Waals surface area contributed by atoms with Gasteiger partial charge in [-0.05, 0) is 140 Å². The van der Waals surface area contributed by atoms with Crippen LogP contribution >= 0.6 is 0 Å². The van der Waals surface area contributed by atoms with E-state index in [1.807, 2.05) is 0 Å². The van der Waals surface area contributed by atoms with Crippen LogP contribution in [0.3, 0.4) is 0 Å². The Hall–Kier alpha value is -8.98. The van der Waals surface area contributed by atoms with Crippen molar-refractivity contribution in [3.05, 3.63) is 291 Å². The number of benzene rings is 11. The fraction of sp³-hybridized carbons (Fsp3) is 0. The summed E-state index contributed by atoms with van der Waals surface area (Å²) in [7, 11) is 0. The summed E-state index contributed by atoms with van der Waals surface area (Å²) in [6.07, 6.45) is 0. The first kappa shape index (κ1) is 41.7. The lowest BCUT2D eigenvalue weighted by Crippen LogP contribution is -2.09. The van der Waals surface area contributed by atoms with Crippen molar-refractivity contribution in [2.45, 2.75) is 0 Å². The van der Waals surface area contributed by atoms with Gasteiger partial charge >= 0.3 is 0 Å². The summed E-state index contributed by atoms with van der Waals surface area (Å²) in [5.74, 6) is 0. The molecule has 0 fully saturated rings. The zero-order valence-electron chi connectivity index (χ0n) is 37.6. The lowest BCUT2D eigenvalue weighted by atomic mass is 9.89. The predicted octanol–water partition coefficient (Wildman–Crippen LogP) is 18.6. The van der Waals surface area contributed by atoms with Crippen molar-refractivity contribution >= 4 is 34.1 Å². The van der Waals surface area contributed by atoms with E-state index < -0.39 is 0 Å². The highest BCUT2D eigenvalue weighted by Crippen LogP contribution is 2.42. The van der Waals surface area contributed by atoms with Gasteiger partial charge in [-0.15, -0.1) is 0 Å². The molecular weight excluding hydrogens is 821 g/mol. The first-order valence-electron chi connectivity index (χ1n) is 23.2. The minimum absolute atomic E-state index is 1.09. The highest BCUT2D eigenvalue weighted by Gasteiger charge is 2.17. The van der Waals surface area contributed by atoms with Crippen molar-refractivity contribution in [2.24, 2.45) is 0 Å². The van der Waals surface area contributed by atoms with E-state index in [0.717, 1.165) is 45.3 Å². The van der Waals surface area contributed by atoms with Gasteiger partial charge in [0.25, 0.3) is 0 Å². The molecule has 68 heavy (non-hydrogen) atoms. The van der Waals surface area contributed by atoms with E-state index in [-0.39, 0.29) is 0 Å². The molecule has 11 aromatic rings. The van der Waals surface area contributed by atoms with Gasteiger partial charge < -0.3 is 9.80 Å². The van der Waals surface area contributed by atoms with Crippen LogP contribution in [0, 0.1) is 0 Å². The molecule has 322 valence electrons. The average molecular weight is 869 g/mol. The Morgan fingerprint density at radius 2 is 0.324 bits per heavy atom. The van der Waals surface area contributed by atoms with Crippen molar-refractivity contribution in [3.63, 3.8) is 0 Å². The first-order valence-corrected chi connectivity index (χ1v) is 23.2. The molecule has 2 nitrogen and oxygen atoms in total. The Kier molecular flexibility index (Phi) is 11.8. The number of hydrogen-bond donors (Lipinski definition) is 0. The maximum Gasteiger partial charge on any atom is 0.0462 e. The summed E-state index contributed by atoms with van der Waals surface area (Å²) in [5.41, 5.74) is 20.9. The molecule has 0 spiro atoms. The summed E-state index contributed by atoms with van der Waals surface area (Å²) in [6, 6.07) is 104. The van der Waals surface area contributed by atoms with Gasteiger partial charge in [0.2, 0.25) is 0 Å². The number of rotatable bonds is 12. The average Bonchev–Trinajstić information content (AvgIpc) is 3.43. The molecule has 0 aliphatic heterocycles. The number of para-hydroxylation sites is 2. The van der Waals surface area contributed by atoms with Crippen LogP contribution in [0.4, 0.5) is 34.1 Å². The largest absolute Gasteiger partial charge is 0.311 e. The second-order valence-electron chi connectivity index (χ2n) is 16.9. The highest BCUT2D eigenvalue weighted by molar-refractivity contribution is 5.93. The van der Waals surface area contributed by atoms with Crippen molar-refractivity contribution in [2.75, 3.05) is 9.80 Å². The molecular formula is C66H48N2. The molecule has 0 aliphatic rings. The minimum Gasteiger partial charge on any atom is -0.311 e. The molecule has 0 N–H and O–H groups in total. The SMILES string of the molecule is c1ccc(-c2ccc(-c3ccc(N(c4ccccc4)c4ccc(-c5ccccc5-c5ccccc5-c5ccc(N(c6ccccc6)c6ccc(-c7ccccc7)cc6)cc5)cc4)cc3)cc2)cc1. The fourth-order valence-corrected chi connectivity index (χ4v) is 9.29. The van der Waals surface area contributed by atoms with Gasteiger partial charge in [-0.2, -0.15) is 0 Å². The van der Waals surface area contributed by atoms with Crippen LogP contribution in [0.2, 0.25) is 0 Å². The number of nitrogens with zero attached hydrogens (tertiary/aromatic N) is 2. The summed E-state index contributed by atoms with van der Waals surface area (Å²) in [5, 5.41) is 0. The van der Waals surface area contributed by atoms with E-state index in [2.05, 4.69) is 301 Å². The van der Waals surface area contributed by atoms with Crippen molar-refractivity contribution in [1.29, 1.82) is 0 Å². The normalized spacial score (nSPS) is 10.9. The lowest BCUT2D eigenvalue weighted by Gasteiger charge is -2.26. The van der Waals surface area contributed by atoms with Crippen LogP contribution < -0.4 is 9.80 Å². The predicted molar refractivity (Wildman–Crippen MR) is 288 cm³/mol. The highest BCUT2D eigenvalue weighted by atomic mass is 15.1. The second kappa shape index (κ2) is 19.2. The van der Waals surface area contributed by atoms with E-state index >= 15 is 0 Å². The molecule has 0 heterocycles. The monoisotopic (exact) mass is 868 g/mol. The molecule has 0 radical (unpaired) electrons. The molecule has 0 saturated heterocycles. The lowest BCUT2D eigenvalue weighted by molar-refractivity contribution is 1.28. The summed E-state index contributed by atoms with van der Waals surface area (Å²) in [4.78, 5) is 4.65. The van der Waals surface area contributed by atoms with Gasteiger partial charge in [0, 0.05) is 34.1 Å². The fourth-order valence-electron chi connectivity index (χ4n) is 9.29. The van der Waals surface area contributed by atoms with Crippen molar-refractivity contribution in [3.8, 4) is 66.8 Å². The summed E-state index contributed by atoms with van der Waals surface area (Å²) in [6.45, 7) is 0. The van der Waals surface area contributed by atoms with Crippen LogP contribution in [0.15, 0.2) is 291 Å². The molecule has 11 aromatic carbocycles. The van der Waals surface area contributed by atoms with Gasteiger partial charge in [-0.3, -0.25) is 0 Å². The zero-order chi connectivity index (χ0) is 45.5. The van der Waals surface area contributed by atoms with Gasteiger partial charge in [-0.25, -0.2) is 0 Å². The van der Waals surface area contributed by atoms with E-state index in [1.165, 1.54) is 55.6 Å². The smallest absolute Gasteiger partial charge is 0.0462 e. The Balaban J connectivity index is 0.880. The molecule has 0 unspecified atom stereocenters. The standard InChI is InChI=1S/C66H48N2/c1-5-17-49(18-6-1)51-29-31-52(32-30-51)54-35-43-60(44-36-54)68(58-23-11-4-12-24-58)62-47-39-56(40-48-62)64-26-14-16-28-66(64)65-27-15-13-25-63(65)55-37-45-61(46-38-55)67(57-21-9-3-10-22-57)59-41-33-53(34-42-59)50-19-7-2-8-20-50/h1-48H. The van der Waals surface area contributed by atoms with Crippen molar-refractivity contribution in [1.82, 2.24) is 0 Å². The Bertz CT molecular complexity index is 3370. The van der Waals surface area contributed by atoms with Gasteiger partial charge in [0.1, 0.15) is 0 Å². The third-order valence-electron chi connectivity index (χ3n) is 12.7. The third-order valence-corrected chi connectivity index (χ3v) is 12.7. The number of anilines is 6. The van der Waals surface area contributed by atoms with Crippen LogP contribution in [-0.2, 0) is 0 Å². The van der Waals surface area contributed by atoms with Crippen molar-refractivity contribution < 1.29 is 0 Å². The molecule has 2 heteroatoms. The maximum absolute atomic E-state index is 2.33. The molecule has 0 saturated carbocycles. The van der Waals surface area contributed by atoms with E-state index in [0.29, 0.717) is 0 Å². The Labute approximate surface area is 400 Å². The molecule has 0 bridgehead atoms. The van der Waals surface area contributed by atoms with Gasteiger partial charge in [0.15, 0.2) is 0 Å². The molecule has 0 aliphatic carbocycles. The van der Waals surface area contributed by atoms with Gasteiger partial charge in [-0.1, -0.05) is 218 Å². The summed E-state index contributed by atoms with van der Waals surface area (Å²) >= 11 is 0. The number of hydrogen-bond acceptors (Lipinski definition) is 2. The van der Waals surface area contributed by atoms with E-state index in [4.69, 9.17) is 0 Å². The van der Waals surface area contributed by atoms with Crippen LogP contribution in [0.1, 0.15) is 0 Å². The zero-order valence-corrected chi connectivity index (χ0v) is 37.6. The molecule has 0 amide bonds. The maximum atomic E-state index is 2.33. The molecule has 0 atom stereocenters. The molecule has 0 aromatic heterocycles. The Morgan fingerprint density at radius 1 is 0.132 bits per heavy atom. The quantitative estimate of drug-likeness (QED) is 0.121. The second-order valence-corrected chi connectivity index (χ2v) is 16.9. The first-order chi connectivity index (χ1) is 33.7. The topological polar surface area (TPSA) is 6.48 Å². The summed E-state index contributed by atoms with van der Waals surface area (Å²) < 4.78 is 0. The van der Waals surface area contributed by atoms with Crippen LogP contribution in [-0.4, -0.2) is 0 Å². The Morgan fingerprint density at radius 3 is 0.618 bits per heavy atom. The van der Waals surface area contributed by atoms with Crippen LogP contribution in [0.5, 0.6) is 0 Å².